The van der Waals surface area contributed by atoms with E-state index in [0.29, 0.717) is 6.10 Å². The van der Waals surface area contributed by atoms with Gasteiger partial charge in [-0.3, -0.25) is 0 Å². The molecule has 2 aliphatic rings. The number of piperidine rings is 1. The fraction of sp³-hybridized carbons (Fsp3) is 1.00. The summed E-state index contributed by atoms with van der Waals surface area (Å²) in [6, 6.07) is 0.779. The maximum absolute atomic E-state index is 5.60. The van der Waals surface area contributed by atoms with Crippen molar-refractivity contribution in [2.24, 2.45) is 5.92 Å². The smallest absolute Gasteiger partial charge is 0.0630 e. The molecule has 1 aliphatic heterocycles. The predicted molar refractivity (Wildman–Crippen MR) is 39.9 cm³/mol. The summed E-state index contributed by atoms with van der Waals surface area (Å²) in [5.41, 5.74) is 0. The van der Waals surface area contributed by atoms with E-state index in [1.807, 2.05) is 0 Å². The van der Waals surface area contributed by atoms with E-state index in [1.54, 1.807) is 0 Å². The molecule has 2 fully saturated rings. The van der Waals surface area contributed by atoms with Gasteiger partial charge in [0.2, 0.25) is 0 Å². The Balaban J connectivity index is 1.90. The number of rotatable bonds is 2. The minimum Gasteiger partial charge on any atom is -0.378 e. The lowest BCUT2D eigenvalue weighted by Gasteiger charge is -2.21. The Morgan fingerprint density at radius 2 is 2.40 bits per heavy atom. The van der Waals surface area contributed by atoms with E-state index in [-0.39, 0.29) is 0 Å². The first-order valence-electron chi connectivity index (χ1n) is 4.25. The maximum Gasteiger partial charge on any atom is 0.0630 e. The van der Waals surface area contributed by atoms with Crippen LogP contribution in [0.1, 0.15) is 19.8 Å². The van der Waals surface area contributed by atoms with Crippen molar-refractivity contribution < 1.29 is 4.74 Å². The molecule has 2 heteroatoms. The minimum atomic E-state index is 0.580. The van der Waals surface area contributed by atoms with Gasteiger partial charge in [0.25, 0.3) is 0 Å². The molecule has 2 bridgehead atoms. The third-order valence-corrected chi connectivity index (χ3v) is 2.68. The van der Waals surface area contributed by atoms with Gasteiger partial charge in [-0.1, -0.05) is 0 Å². The number of hydrogen-bond donors (Lipinski definition) is 1. The molecule has 1 saturated carbocycles. The third-order valence-electron chi connectivity index (χ3n) is 2.68. The highest BCUT2D eigenvalue weighted by molar-refractivity contribution is 4.95. The van der Waals surface area contributed by atoms with E-state index in [0.717, 1.165) is 18.6 Å². The maximum atomic E-state index is 5.60. The second-order valence-electron chi connectivity index (χ2n) is 3.33. The van der Waals surface area contributed by atoms with Crippen molar-refractivity contribution in [3.05, 3.63) is 0 Å². The molecule has 1 saturated heterocycles. The van der Waals surface area contributed by atoms with Gasteiger partial charge in [0.15, 0.2) is 0 Å². The summed E-state index contributed by atoms with van der Waals surface area (Å²) in [4.78, 5) is 0. The summed E-state index contributed by atoms with van der Waals surface area (Å²) in [5.74, 6) is 0.824. The van der Waals surface area contributed by atoms with Crippen molar-refractivity contribution in [2.45, 2.75) is 31.9 Å². The highest BCUT2D eigenvalue weighted by atomic mass is 16.5. The SMILES string of the molecule is CCO[C@H]1C[C@H]2C[C@H]1CN2. The molecule has 1 heterocycles. The Kier molecular flexibility index (Phi) is 1.66. The molecule has 0 aromatic rings. The Hall–Kier alpha value is -0.0800. The Morgan fingerprint density at radius 1 is 1.50 bits per heavy atom. The van der Waals surface area contributed by atoms with Crippen LogP contribution in [0.2, 0.25) is 0 Å². The summed E-state index contributed by atoms with van der Waals surface area (Å²) >= 11 is 0. The van der Waals surface area contributed by atoms with Crippen LogP contribution in [0.4, 0.5) is 0 Å². The highest BCUT2D eigenvalue weighted by Gasteiger charge is 2.39. The van der Waals surface area contributed by atoms with E-state index < -0.39 is 0 Å². The zero-order valence-electron chi connectivity index (χ0n) is 6.47. The summed E-state index contributed by atoms with van der Waals surface area (Å²) in [6.45, 7) is 4.16. The fourth-order valence-corrected chi connectivity index (χ4v) is 2.20. The summed E-state index contributed by atoms with van der Waals surface area (Å²) < 4.78 is 5.60. The van der Waals surface area contributed by atoms with Crippen molar-refractivity contribution >= 4 is 0 Å². The minimum absolute atomic E-state index is 0.580. The van der Waals surface area contributed by atoms with E-state index in [1.165, 1.54) is 19.4 Å². The van der Waals surface area contributed by atoms with Crippen LogP contribution in [-0.2, 0) is 4.74 Å². The molecule has 0 amide bonds. The van der Waals surface area contributed by atoms with E-state index in [9.17, 15) is 0 Å². The quantitative estimate of drug-likeness (QED) is 0.613. The van der Waals surface area contributed by atoms with Crippen LogP contribution in [0, 0.1) is 5.92 Å². The standard InChI is InChI=1S/C8H15NO/c1-2-10-8-4-7-3-6(8)5-9-7/h6-9H,2-5H2,1H3/t6-,7+,8-/m0/s1. The molecule has 3 atom stereocenters. The average Bonchev–Trinajstić information content (AvgIpc) is 2.48. The van der Waals surface area contributed by atoms with E-state index in [2.05, 4.69) is 12.2 Å². The fourth-order valence-electron chi connectivity index (χ4n) is 2.20. The lowest BCUT2D eigenvalue weighted by molar-refractivity contribution is 0.0292. The van der Waals surface area contributed by atoms with Gasteiger partial charge in [0.05, 0.1) is 6.10 Å². The number of fused-ring (bicyclic) bond motifs is 2. The van der Waals surface area contributed by atoms with Crippen molar-refractivity contribution in [1.82, 2.24) is 5.32 Å². The zero-order valence-corrected chi connectivity index (χ0v) is 6.47. The van der Waals surface area contributed by atoms with Crippen molar-refractivity contribution in [3.63, 3.8) is 0 Å². The number of nitrogens with one attached hydrogen (secondary N) is 1. The highest BCUT2D eigenvalue weighted by Crippen LogP contribution is 2.33. The predicted octanol–water partition coefficient (Wildman–Crippen LogP) is 0.773. The van der Waals surface area contributed by atoms with Crippen LogP contribution in [0.25, 0.3) is 0 Å². The van der Waals surface area contributed by atoms with Crippen LogP contribution in [-0.4, -0.2) is 25.3 Å². The molecular formula is C8H15NO. The molecule has 0 spiro atoms. The summed E-state index contributed by atoms with van der Waals surface area (Å²) in [5, 5.41) is 3.46. The van der Waals surface area contributed by atoms with Crippen LogP contribution < -0.4 is 5.32 Å². The van der Waals surface area contributed by atoms with Gasteiger partial charge in [-0.25, -0.2) is 0 Å². The molecule has 1 aliphatic carbocycles. The van der Waals surface area contributed by atoms with Crippen molar-refractivity contribution in [3.8, 4) is 0 Å². The zero-order chi connectivity index (χ0) is 6.97. The largest absolute Gasteiger partial charge is 0.378 e. The second-order valence-corrected chi connectivity index (χ2v) is 3.33. The van der Waals surface area contributed by atoms with Gasteiger partial charge in [-0.15, -0.1) is 0 Å². The lowest BCUT2D eigenvalue weighted by Crippen LogP contribution is -2.34. The molecule has 10 heavy (non-hydrogen) atoms. The van der Waals surface area contributed by atoms with Gasteiger partial charge in [0.1, 0.15) is 0 Å². The van der Waals surface area contributed by atoms with Gasteiger partial charge in [0, 0.05) is 19.2 Å². The first-order valence-corrected chi connectivity index (χ1v) is 4.25. The molecule has 0 unspecified atom stereocenters. The Morgan fingerprint density at radius 3 is 2.90 bits per heavy atom. The normalized spacial score (nSPS) is 44.7. The number of hydrogen-bond acceptors (Lipinski definition) is 2. The first-order chi connectivity index (χ1) is 4.90. The molecule has 0 aromatic carbocycles. The van der Waals surface area contributed by atoms with Gasteiger partial charge >= 0.3 is 0 Å². The molecule has 2 nitrogen and oxygen atoms in total. The van der Waals surface area contributed by atoms with Gasteiger partial charge in [-0.05, 0) is 25.7 Å². The first kappa shape index (κ1) is 6.62. The summed E-state index contributed by atoms with van der Waals surface area (Å²) in [7, 11) is 0. The monoisotopic (exact) mass is 141 g/mol. The molecular weight excluding hydrogens is 126 g/mol. The molecule has 0 aromatic heterocycles. The second kappa shape index (κ2) is 2.51. The average molecular weight is 141 g/mol. The van der Waals surface area contributed by atoms with Crippen molar-refractivity contribution in [2.75, 3.05) is 13.2 Å². The molecule has 58 valence electrons. The van der Waals surface area contributed by atoms with E-state index in [4.69, 9.17) is 4.74 Å². The topological polar surface area (TPSA) is 21.3 Å². The Labute approximate surface area is 61.9 Å². The Bertz CT molecular complexity index is 126. The molecule has 2 rings (SSSR count). The van der Waals surface area contributed by atoms with Crippen LogP contribution in [0.15, 0.2) is 0 Å². The third kappa shape index (κ3) is 0.956. The molecule has 0 radical (unpaired) electrons. The number of ether oxygens (including phenoxy) is 1. The van der Waals surface area contributed by atoms with Crippen LogP contribution in [0.5, 0.6) is 0 Å². The van der Waals surface area contributed by atoms with Crippen LogP contribution >= 0.6 is 0 Å². The summed E-state index contributed by atoms with van der Waals surface area (Å²) in [6.07, 6.45) is 3.18. The van der Waals surface area contributed by atoms with Crippen LogP contribution in [0.3, 0.4) is 0 Å². The molecule has 1 N–H and O–H groups in total. The van der Waals surface area contributed by atoms with E-state index >= 15 is 0 Å². The lowest BCUT2D eigenvalue weighted by atomic mass is 10.1. The van der Waals surface area contributed by atoms with Crippen molar-refractivity contribution in [1.29, 1.82) is 0 Å². The van der Waals surface area contributed by atoms with Gasteiger partial charge < -0.3 is 10.1 Å². The van der Waals surface area contributed by atoms with Gasteiger partial charge in [-0.2, -0.15) is 0 Å².